The Kier molecular flexibility index (Phi) is 6.16. The van der Waals surface area contributed by atoms with Gasteiger partial charge in [0.1, 0.15) is 22.9 Å². The molecule has 0 bridgehead atoms. The number of aryl methyl sites for hydroxylation is 1. The molecular weight excluding hydrogens is 438 g/mol. The van der Waals surface area contributed by atoms with E-state index in [4.69, 9.17) is 0 Å². The molecule has 4 heterocycles. The van der Waals surface area contributed by atoms with Crippen LogP contribution < -0.4 is 5.32 Å². The molecule has 10 heteroatoms. The number of piperazine rings is 1. The second kappa shape index (κ2) is 9.40. The van der Waals surface area contributed by atoms with Crippen LogP contribution in [-0.4, -0.2) is 67.4 Å². The number of benzene rings is 1. The summed E-state index contributed by atoms with van der Waals surface area (Å²) in [7, 11) is 0. The highest BCUT2D eigenvalue weighted by molar-refractivity contribution is 5.82. The molecule has 0 radical (unpaired) electrons. The fourth-order valence-electron chi connectivity index (χ4n) is 4.19. The fraction of sp³-hybridized carbons (Fsp3) is 0.333. The van der Waals surface area contributed by atoms with Crippen molar-refractivity contribution in [2.75, 3.05) is 38.0 Å². The molecule has 8 nitrogen and oxygen atoms in total. The Bertz CT molecular complexity index is 1300. The predicted octanol–water partition coefficient (Wildman–Crippen LogP) is 3.88. The highest BCUT2D eigenvalue weighted by atomic mass is 19.1. The largest absolute Gasteiger partial charge is 0.342 e. The Labute approximate surface area is 196 Å². The number of nitrogens with one attached hydrogen (secondary N) is 2. The second-order valence-corrected chi connectivity index (χ2v) is 8.45. The number of imidazole rings is 1. The van der Waals surface area contributed by atoms with Gasteiger partial charge in [-0.25, -0.2) is 28.7 Å². The lowest BCUT2D eigenvalue weighted by Gasteiger charge is -2.33. The molecule has 4 aromatic rings. The zero-order valence-electron chi connectivity index (χ0n) is 19.1. The van der Waals surface area contributed by atoms with Crippen molar-refractivity contribution in [1.82, 2.24) is 34.7 Å². The minimum Gasteiger partial charge on any atom is -0.342 e. The molecule has 0 atom stereocenters. The monoisotopic (exact) mass is 464 g/mol. The Hall–Kier alpha value is -3.50. The van der Waals surface area contributed by atoms with Gasteiger partial charge in [0.15, 0.2) is 11.6 Å². The molecule has 1 aromatic carbocycles. The molecule has 0 unspecified atom stereocenters. The number of hydrogen-bond donors (Lipinski definition) is 2. The van der Waals surface area contributed by atoms with E-state index < -0.39 is 11.6 Å². The number of nitrogens with zero attached hydrogens (tertiary/aromatic N) is 6. The highest BCUT2D eigenvalue weighted by Crippen LogP contribution is 2.27. The van der Waals surface area contributed by atoms with Crippen molar-refractivity contribution in [2.45, 2.75) is 20.4 Å². The molecule has 5 rings (SSSR count). The van der Waals surface area contributed by atoms with Crippen LogP contribution in [0.1, 0.15) is 18.3 Å². The van der Waals surface area contributed by atoms with Gasteiger partial charge in [-0.2, -0.15) is 0 Å². The van der Waals surface area contributed by atoms with E-state index in [0.717, 1.165) is 51.0 Å². The normalized spacial score (nSPS) is 15.2. The smallest absolute Gasteiger partial charge is 0.229 e. The standard InChI is InChI=1S/C24H26F2N8/c1-3-33-6-8-34(9-7-33)14-16-4-5-21(27-12-16)31-24-28-13-19(26)22(32-24)17-10-18(25)23-20(11-17)29-15(2)30-23/h4-5,10-13H,3,6-9,14H2,1-2H3,(H,29,30)(H,27,28,31,32). The van der Waals surface area contributed by atoms with Crippen molar-refractivity contribution in [2.24, 2.45) is 0 Å². The van der Waals surface area contributed by atoms with E-state index in [-0.39, 0.29) is 17.2 Å². The second-order valence-electron chi connectivity index (χ2n) is 8.45. The van der Waals surface area contributed by atoms with Gasteiger partial charge >= 0.3 is 0 Å². The maximum Gasteiger partial charge on any atom is 0.229 e. The zero-order chi connectivity index (χ0) is 23.7. The summed E-state index contributed by atoms with van der Waals surface area (Å²) in [6, 6.07) is 6.71. The van der Waals surface area contributed by atoms with Gasteiger partial charge in [0, 0.05) is 44.5 Å². The highest BCUT2D eigenvalue weighted by Gasteiger charge is 2.17. The van der Waals surface area contributed by atoms with E-state index in [1.54, 1.807) is 13.0 Å². The quantitative estimate of drug-likeness (QED) is 0.448. The fourth-order valence-corrected chi connectivity index (χ4v) is 4.19. The van der Waals surface area contributed by atoms with E-state index in [9.17, 15) is 8.78 Å². The summed E-state index contributed by atoms with van der Waals surface area (Å²) in [4.78, 5) is 24.7. The zero-order valence-corrected chi connectivity index (χ0v) is 19.1. The van der Waals surface area contributed by atoms with Crippen LogP contribution in [0.3, 0.4) is 0 Å². The molecule has 0 aliphatic carbocycles. The summed E-state index contributed by atoms with van der Waals surface area (Å²) in [5.41, 5.74) is 2.10. The molecule has 1 aliphatic heterocycles. The van der Waals surface area contributed by atoms with Gasteiger partial charge in [-0.1, -0.05) is 13.0 Å². The van der Waals surface area contributed by atoms with Crippen LogP contribution in [0.2, 0.25) is 0 Å². The molecular formula is C24H26F2N8. The number of pyridine rings is 1. The Morgan fingerprint density at radius 3 is 2.50 bits per heavy atom. The minimum absolute atomic E-state index is 0.00612. The number of anilines is 2. The topological polar surface area (TPSA) is 85.9 Å². The summed E-state index contributed by atoms with van der Waals surface area (Å²) < 4.78 is 29.0. The maximum absolute atomic E-state index is 14.5. The molecule has 0 spiro atoms. The van der Waals surface area contributed by atoms with E-state index >= 15 is 0 Å². The van der Waals surface area contributed by atoms with E-state index in [2.05, 4.69) is 47.0 Å². The number of H-pyrrole nitrogens is 1. The van der Waals surface area contributed by atoms with Crippen molar-refractivity contribution < 1.29 is 8.78 Å². The van der Waals surface area contributed by atoms with Gasteiger partial charge < -0.3 is 15.2 Å². The van der Waals surface area contributed by atoms with Crippen molar-refractivity contribution in [1.29, 1.82) is 0 Å². The summed E-state index contributed by atoms with van der Waals surface area (Å²) >= 11 is 0. The van der Waals surface area contributed by atoms with Crippen LogP contribution in [0, 0.1) is 18.6 Å². The first kappa shape index (κ1) is 22.3. The third kappa shape index (κ3) is 4.73. The van der Waals surface area contributed by atoms with Gasteiger partial charge in [0.2, 0.25) is 5.95 Å². The third-order valence-corrected chi connectivity index (χ3v) is 6.06. The van der Waals surface area contributed by atoms with Crippen molar-refractivity contribution >= 4 is 22.8 Å². The van der Waals surface area contributed by atoms with Gasteiger partial charge in [-0.3, -0.25) is 4.90 Å². The molecule has 1 saturated heterocycles. The first-order valence-corrected chi connectivity index (χ1v) is 11.3. The predicted molar refractivity (Wildman–Crippen MR) is 127 cm³/mol. The number of fused-ring (bicyclic) bond motifs is 1. The molecule has 1 fully saturated rings. The number of rotatable bonds is 6. The molecule has 2 N–H and O–H groups in total. The summed E-state index contributed by atoms with van der Waals surface area (Å²) in [6.45, 7) is 10.1. The Morgan fingerprint density at radius 2 is 1.76 bits per heavy atom. The van der Waals surface area contributed by atoms with Crippen LogP contribution >= 0.6 is 0 Å². The van der Waals surface area contributed by atoms with E-state index in [0.29, 0.717) is 22.7 Å². The van der Waals surface area contributed by atoms with Crippen LogP contribution in [0.4, 0.5) is 20.5 Å². The summed E-state index contributed by atoms with van der Waals surface area (Å²) in [6.07, 6.45) is 2.89. The number of hydrogen-bond acceptors (Lipinski definition) is 7. The Balaban J connectivity index is 1.30. The average molecular weight is 465 g/mol. The van der Waals surface area contributed by atoms with Gasteiger partial charge in [-0.15, -0.1) is 0 Å². The van der Waals surface area contributed by atoms with E-state index in [1.807, 2.05) is 18.3 Å². The SMILES string of the molecule is CCN1CCN(Cc2ccc(Nc3ncc(F)c(-c4cc(F)c5nc(C)[nH]c5c4)n3)nc2)CC1. The van der Waals surface area contributed by atoms with Crippen molar-refractivity contribution in [3.05, 3.63) is 59.7 Å². The number of halogens is 2. The Morgan fingerprint density at radius 1 is 0.971 bits per heavy atom. The van der Waals surface area contributed by atoms with Crippen molar-refractivity contribution in [3.63, 3.8) is 0 Å². The van der Waals surface area contributed by atoms with Crippen LogP contribution in [0.25, 0.3) is 22.3 Å². The minimum atomic E-state index is -0.646. The molecule has 0 saturated carbocycles. The summed E-state index contributed by atoms with van der Waals surface area (Å²) in [5.74, 6) is 0.107. The summed E-state index contributed by atoms with van der Waals surface area (Å²) in [5, 5.41) is 3.01. The van der Waals surface area contributed by atoms with E-state index in [1.165, 1.54) is 6.07 Å². The number of aromatic nitrogens is 5. The number of likely N-dealkylation sites (N-methyl/N-ethyl adjacent to an activating group) is 1. The molecule has 1 aliphatic rings. The molecule has 3 aromatic heterocycles. The van der Waals surface area contributed by atoms with Gasteiger partial charge in [0.05, 0.1) is 11.7 Å². The molecule has 176 valence electrons. The maximum atomic E-state index is 14.5. The lowest BCUT2D eigenvalue weighted by molar-refractivity contribution is 0.132. The molecule has 0 amide bonds. The van der Waals surface area contributed by atoms with Crippen LogP contribution in [-0.2, 0) is 6.54 Å². The first-order valence-electron chi connectivity index (χ1n) is 11.3. The lowest BCUT2D eigenvalue weighted by Crippen LogP contribution is -2.45. The number of aromatic amines is 1. The lowest BCUT2D eigenvalue weighted by atomic mass is 10.1. The third-order valence-electron chi connectivity index (χ3n) is 6.06. The first-order chi connectivity index (χ1) is 16.5. The van der Waals surface area contributed by atoms with Crippen LogP contribution in [0.5, 0.6) is 0 Å². The van der Waals surface area contributed by atoms with Gasteiger partial charge in [0.25, 0.3) is 0 Å². The van der Waals surface area contributed by atoms with Crippen molar-refractivity contribution in [3.8, 4) is 11.3 Å². The molecule has 34 heavy (non-hydrogen) atoms. The van der Waals surface area contributed by atoms with Gasteiger partial charge in [-0.05, 0) is 37.2 Å². The average Bonchev–Trinajstić information content (AvgIpc) is 3.23. The van der Waals surface area contributed by atoms with Crippen LogP contribution in [0.15, 0.2) is 36.7 Å².